The molecule has 0 aliphatic carbocycles. The number of unbranched alkanes of at least 4 members (excludes halogenated alkanes) is 1. The molecule has 10 heteroatoms. The van der Waals surface area contributed by atoms with Gasteiger partial charge in [0.15, 0.2) is 23.9 Å². The van der Waals surface area contributed by atoms with Crippen LogP contribution in [0.4, 0.5) is 5.69 Å². The number of hydrogen-bond acceptors (Lipinski definition) is 6. The summed E-state index contributed by atoms with van der Waals surface area (Å²) >= 11 is 0. The Hall–Kier alpha value is -3.92. The molecule has 2 aromatic heterocycles. The summed E-state index contributed by atoms with van der Waals surface area (Å²) in [5.41, 5.74) is 1.72. The molecule has 0 saturated carbocycles. The largest absolute Gasteiger partial charge is 0.481 e. The highest BCUT2D eigenvalue weighted by Gasteiger charge is 2.47. The molecule has 10 nitrogen and oxygen atoms in total. The number of rotatable bonds is 11. The fourth-order valence-electron chi connectivity index (χ4n) is 5.74. The van der Waals surface area contributed by atoms with Crippen LogP contribution < -0.4 is 18.9 Å². The summed E-state index contributed by atoms with van der Waals surface area (Å²) in [6, 6.07) is 11.0. The number of benzene rings is 1. The van der Waals surface area contributed by atoms with Crippen molar-refractivity contribution in [3.05, 3.63) is 66.7 Å². The minimum absolute atomic E-state index is 0.0331. The van der Waals surface area contributed by atoms with Crippen molar-refractivity contribution in [2.24, 2.45) is 13.0 Å². The van der Waals surface area contributed by atoms with Crippen LogP contribution >= 0.6 is 0 Å². The summed E-state index contributed by atoms with van der Waals surface area (Å²) in [4.78, 5) is 30.5. The standard InChI is InChI=1S/C29H35N5O5/c1-3-4-14-34(22-7-5-12-31(2)17-22)27(35)19-32-18-23(21-8-9-25-26(16-21)39-20-38-25)28(29(36)37)24(32)10-15-33-13-6-11-30-33/h5-9,11-13,16-17,23-24,28H,3-4,10,14-15,18-20H2,1-2H3/p+1/t23-,24+,28?/m1/s1. The van der Waals surface area contributed by atoms with Gasteiger partial charge in [-0.05, 0) is 42.7 Å². The molecule has 4 heterocycles. The lowest BCUT2D eigenvalue weighted by atomic mass is 9.84. The molecular formula is C29H36N5O5+. The van der Waals surface area contributed by atoms with Crippen LogP contribution in [-0.4, -0.2) is 64.1 Å². The fraction of sp³-hybridized carbons (Fsp3) is 0.448. The van der Waals surface area contributed by atoms with Gasteiger partial charge in [-0.2, -0.15) is 5.10 Å². The topological polar surface area (TPSA) is 101 Å². The number of carboxylic acid groups (broad SMARTS) is 1. The monoisotopic (exact) mass is 534 g/mol. The number of carboxylic acids is 1. The molecule has 0 radical (unpaired) electrons. The number of hydrogen-bond donors (Lipinski definition) is 1. The number of amides is 1. The van der Waals surface area contributed by atoms with E-state index in [1.807, 2.05) is 76.2 Å². The van der Waals surface area contributed by atoms with E-state index in [0.717, 1.165) is 24.1 Å². The third-order valence-electron chi connectivity index (χ3n) is 7.68. The summed E-state index contributed by atoms with van der Waals surface area (Å²) in [5, 5.41) is 14.8. The number of likely N-dealkylation sites (tertiary alicyclic amines) is 1. The lowest BCUT2D eigenvalue weighted by Crippen LogP contribution is -2.45. The number of fused-ring (bicyclic) bond motifs is 1. The summed E-state index contributed by atoms with van der Waals surface area (Å²) in [7, 11) is 1.94. The zero-order valence-corrected chi connectivity index (χ0v) is 22.5. The van der Waals surface area contributed by atoms with Gasteiger partial charge in [0.25, 0.3) is 0 Å². The molecular weight excluding hydrogens is 498 g/mol. The van der Waals surface area contributed by atoms with Crippen molar-refractivity contribution in [2.75, 3.05) is 31.3 Å². The second-order valence-electron chi connectivity index (χ2n) is 10.3. The van der Waals surface area contributed by atoms with Crippen molar-refractivity contribution in [3.8, 4) is 11.5 Å². The van der Waals surface area contributed by atoms with E-state index < -0.39 is 11.9 Å². The summed E-state index contributed by atoms with van der Waals surface area (Å²) in [5.74, 6) is -0.598. The molecule has 1 aromatic carbocycles. The Balaban J connectivity index is 1.43. The maximum absolute atomic E-state index is 13.8. The lowest BCUT2D eigenvalue weighted by Gasteiger charge is -2.29. The van der Waals surface area contributed by atoms with E-state index in [-0.39, 0.29) is 31.2 Å². The number of nitrogens with zero attached hydrogens (tertiary/aromatic N) is 5. The van der Waals surface area contributed by atoms with Crippen LogP contribution in [0.25, 0.3) is 0 Å². The van der Waals surface area contributed by atoms with Crippen molar-refractivity contribution in [3.63, 3.8) is 0 Å². The van der Waals surface area contributed by atoms with Gasteiger partial charge in [0, 0.05) is 50.1 Å². The van der Waals surface area contributed by atoms with E-state index in [2.05, 4.69) is 16.9 Å². The quantitative estimate of drug-likeness (QED) is 0.378. The first-order chi connectivity index (χ1) is 18.9. The highest BCUT2D eigenvalue weighted by atomic mass is 16.7. The maximum Gasteiger partial charge on any atom is 0.308 e. The Labute approximate surface area is 228 Å². The lowest BCUT2D eigenvalue weighted by molar-refractivity contribution is -0.670. The Morgan fingerprint density at radius 2 is 2.05 bits per heavy atom. The molecule has 1 fully saturated rings. The molecule has 39 heavy (non-hydrogen) atoms. The van der Waals surface area contributed by atoms with Gasteiger partial charge in [-0.1, -0.05) is 19.4 Å². The number of carbonyl (C=O) groups excluding carboxylic acids is 1. The third kappa shape index (κ3) is 5.90. The zero-order chi connectivity index (χ0) is 27.4. The Morgan fingerprint density at radius 3 is 2.79 bits per heavy atom. The first-order valence-electron chi connectivity index (χ1n) is 13.5. The van der Waals surface area contributed by atoms with E-state index in [0.29, 0.717) is 37.6 Å². The normalized spacial score (nSPS) is 20.3. The molecule has 1 saturated heterocycles. The molecule has 5 rings (SSSR count). The highest BCUT2D eigenvalue weighted by Crippen LogP contribution is 2.42. The van der Waals surface area contributed by atoms with Crippen LogP contribution in [0.2, 0.25) is 0 Å². The second kappa shape index (κ2) is 11.9. The molecule has 0 bridgehead atoms. The molecule has 2 aliphatic rings. The molecule has 0 spiro atoms. The van der Waals surface area contributed by atoms with E-state index in [1.165, 1.54) is 0 Å². The molecule has 3 aromatic rings. The van der Waals surface area contributed by atoms with Gasteiger partial charge in [0.1, 0.15) is 12.7 Å². The van der Waals surface area contributed by atoms with Gasteiger partial charge < -0.3 is 19.5 Å². The van der Waals surface area contributed by atoms with Crippen LogP contribution in [0, 0.1) is 5.92 Å². The van der Waals surface area contributed by atoms with Gasteiger partial charge in [0.05, 0.1) is 12.5 Å². The number of carbonyl (C=O) groups is 2. The predicted molar refractivity (Wildman–Crippen MR) is 144 cm³/mol. The fourth-order valence-corrected chi connectivity index (χ4v) is 5.74. The Morgan fingerprint density at radius 1 is 1.21 bits per heavy atom. The van der Waals surface area contributed by atoms with Crippen molar-refractivity contribution >= 4 is 17.6 Å². The minimum atomic E-state index is -0.865. The second-order valence-corrected chi connectivity index (χ2v) is 10.3. The van der Waals surface area contributed by atoms with Crippen LogP contribution in [-0.2, 0) is 23.2 Å². The van der Waals surface area contributed by atoms with Crippen LogP contribution in [0.1, 0.15) is 37.7 Å². The van der Waals surface area contributed by atoms with Crippen LogP contribution in [0.3, 0.4) is 0 Å². The molecule has 206 valence electrons. The van der Waals surface area contributed by atoms with Crippen molar-refractivity contribution in [2.45, 2.75) is 44.7 Å². The van der Waals surface area contributed by atoms with Gasteiger partial charge in [0.2, 0.25) is 12.7 Å². The number of pyridine rings is 1. The van der Waals surface area contributed by atoms with E-state index in [9.17, 15) is 14.7 Å². The average molecular weight is 535 g/mol. The average Bonchev–Trinajstić information content (AvgIpc) is 3.67. The molecule has 1 unspecified atom stereocenters. The molecule has 2 aliphatic heterocycles. The molecule has 1 N–H and O–H groups in total. The van der Waals surface area contributed by atoms with E-state index >= 15 is 0 Å². The van der Waals surface area contributed by atoms with Crippen LogP contribution in [0.5, 0.6) is 11.5 Å². The van der Waals surface area contributed by atoms with Gasteiger partial charge >= 0.3 is 5.97 Å². The van der Waals surface area contributed by atoms with Crippen molar-refractivity contribution in [1.82, 2.24) is 14.7 Å². The number of ether oxygens (including phenoxy) is 2. The summed E-state index contributed by atoms with van der Waals surface area (Å²) in [6.07, 6.45) is 9.87. The van der Waals surface area contributed by atoms with E-state index in [1.54, 1.807) is 6.20 Å². The van der Waals surface area contributed by atoms with Crippen LogP contribution in [0.15, 0.2) is 61.2 Å². The summed E-state index contributed by atoms with van der Waals surface area (Å²) in [6.45, 7) is 4.02. The SMILES string of the molecule is CCCCN(C(=O)CN1C[C@H](c2ccc3c(c2)OCO3)C(C(=O)O)[C@@H]1CCn1cccn1)c1ccc[n+](C)c1. The zero-order valence-electron chi connectivity index (χ0n) is 22.5. The van der Waals surface area contributed by atoms with Gasteiger partial charge in [-0.25, -0.2) is 4.57 Å². The smallest absolute Gasteiger partial charge is 0.308 e. The van der Waals surface area contributed by atoms with Crippen molar-refractivity contribution in [1.29, 1.82) is 0 Å². The number of aryl methyl sites for hydroxylation is 2. The number of aliphatic carboxylic acids is 1. The molecule has 3 atom stereocenters. The van der Waals surface area contributed by atoms with Gasteiger partial charge in [-0.15, -0.1) is 0 Å². The predicted octanol–water partition coefficient (Wildman–Crippen LogP) is 2.83. The first kappa shape index (κ1) is 26.7. The Bertz CT molecular complexity index is 1300. The minimum Gasteiger partial charge on any atom is -0.481 e. The first-order valence-corrected chi connectivity index (χ1v) is 13.5. The maximum atomic E-state index is 13.8. The third-order valence-corrected chi connectivity index (χ3v) is 7.68. The number of anilines is 1. The van der Waals surface area contributed by atoms with Gasteiger partial charge in [-0.3, -0.25) is 19.2 Å². The summed E-state index contributed by atoms with van der Waals surface area (Å²) < 4.78 is 14.8. The van der Waals surface area contributed by atoms with E-state index in [4.69, 9.17) is 9.47 Å². The van der Waals surface area contributed by atoms with Crippen molar-refractivity contribution < 1.29 is 28.7 Å². The Kier molecular flexibility index (Phi) is 8.11. The molecule has 1 amide bonds. The highest BCUT2D eigenvalue weighted by molar-refractivity contribution is 5.94. The number of aromatic nitrogens is 3.